The predicted molar refractivity (Wildman–Crippen MR) is 129 cm³/mol. The Morgan fingerprint density at radius 2 is 2.03 bits per heavy atom. The monoisotopic (exact) mass is 547 g/mol. The van der Waals surface area contributed by atoms with Crippen molar-refractivity contribution in [1.82, 2.24) is 14.3 Å². The number of nitro benzene ring substituents is 1. The molecule has 1 saturated heterocycles. The van der Waals surface area contributed by atoms with Gasteiger partial charge in [-0.25, -0.2) is 23.3 Å². The number of thiazole rings is 1. The molecule has 4 heterocycles. The number of sulfonamides is 1. The third kappa shape index (κ3) is 3.99. The summed E-state index contributed by atoms with van der Waals surface area (Å²) in [5.74, 6) is -2.30. The maximum Gasteiger partial charge on any atom is 0.355 e. The highest BCUT2D eigenvalue weighted by molar-refractivity contribution is 7.89. The summed E-state index contributed by atoms with van der Waals surface area (Å²) in [6.45, 7) is 3.13. The standard InChI is InChI=1S/C22H21N5O8S2/c1-10-15(14-7-25-9-24-19(21(25)36-14)37(23,33)34)18(26-17(10)16(11(2)28)20(26)29)22(30)35-8-12-3-5-13(6-4-12)27(31)32/h3-7,9-11,16-17,28H,8H2,1-2H3,(H2,23,33,34)/t10-,11+,16+,17+/m0/s1. The van der Waals surface area contributed by atoms with Gasteiger partial charge in [0.15, 0.2) is 0 Å². The largest absolute Gasteiger partial charge is 0.456 e. The molecule has 37 heavy (non-hydrogen) atoms. The highest BCUT2D eigenvalue weighted by Crippen LogP contribution is 2.52. The molecule has 2 aromatic heterocycles. The second-order valence-corrected chi connectivity index (χ2v) is 11.4. The number of aliphatic hydroxyl groups excluding tert-OH is 1. The first-order valence-electron chi connectivity index (χ1n) is 11.1. The van der Waals surface area contributed by atoms with Gasteiger partial charge < -0.3 is 14.7 Å². The Balaban J connectivity index is 1.53. The van der Waals surface area contributed by atoms with Crippen molar-refractivity contribution in [2.24, 2.45) is 17.0 Å². The SMILES string of the molecule is C[C@@H](O)[C@H]1C(=O)N2C(C(=O)OCc3ccc([N+](=O)[O-])cc3)=C(c3cn4cnc(S(N)(=O)=O)c4s3)[C@H](C)[C@H]12. The number of imidazole rings is 1. The minimum atomic E-state index is -4.09. The van der Waals surface area contributed by atoms with Crippen LogP contribution in [0.2, 0.25) is 0 Å². The van der Waals surface area contributed by atoms with Crippen LogP contribution in [0.4, 0.5) is 5.69 Å². The highest BCUT2D eigenvalue weighted by Gasteiger charge is 2.60. The van der Waals surface area contributed by atoms with Gasteiger partial charge in [-0.15, -0.1) is 11.3 Å². The number of nitrogens with zero attached hydrogens (tertiary/aromatic N) is 4. The van der Waals surface area contributed by atoms with Crippen LogP contribution in [0.3, 0.4) is 0 Å². The Labute approximate surface area is 214 Å². The summed E-state index contributed by atoms with van der Waals surface area (Å²) < 4.78 is 30.8. The zero-order chi connectivity index (χ0) is 26.8. The van der Waals surface area contributed by atoms with Crippen molar-refractivity contribution < 1.29 is 32.8 Å². The van der Waals surface area contributed by atoms with E-state index in [1.54, 1.807) is 6.20 Å². The van der Waals surface area contributed by atoms with Gasteiger partial charge in [0.1, 0.15) is 23.5 Å². The van der Waals surface area contributed by atoms with Gasteiger partial charge in [0, 0.05) is 29.8 Å². The number of benzene rings is 1. The Bertz CT molecular complexity index is 1590. The van der Waals surface area contributed by atoms with Crippen molar-refractivity contribution in [3.8, 4) is 0 Å². The fourth-order valence-electron chi connectivity index (χ4n) is 4.91. The molecule has 0 bridgehead atoms. The lowest BCUT2D eigenvalue weighted by Gasteiger charge is -2.46. The minimum Gasteiger partial charge on any atom is -0.456 e. The van der Waals surface area contributed by atoms with Crippen LogP contribution < -0.4 is 5.14 Å². The normalized spacial score (nSPS) is 22.2. The lowest BCUT2D eigenvalue weighted by Crippen LogP contribution is -2.63. The molecule has 194 valence electrons. The van der Waals surface area contributed by atoms with E-state index in [4.69, 9.17) is 9.88 Å². The van der Waals surface area contributed by atoms with Crippen LogP contribution in [0.25, 0.3) is 10.4 Å². The molecule has 0 spiro atoms. The van der Waals surface area contributed by atoms with Crippen LogP contribution in [0, 0.1) is 22.0 Å². The first-order valence-corrected chi connectivity index (χ1v) is 13.4. The zero-order valence-corrected chi connectivity index (χ0v) is 21.1. The fraction of sp³-hybridized carbons (Fsp3) is 0.318. The number of amides is 1. The summed E-state index contributed by atoms with van der Waals surface area (Å²) in [6.07, 6.45) is 1.95. The second kappa shape index (κ2) is 8.72. The highest BCUT2D eigenvalue weighted by atomic mass is 32.2. The first-order chi connectivity index (χ1) is 17.4. The Hall–Kier alpha value is -3.66. The van der Waals surface area contributed by atoms with Gasteiger partial charge in [-0.05, 0) is 24.6 Å². The topological polar surface area (TPSA) is 187 Å². The van der Waals surface area contributed by atoms with E-state index in [0.717, 1.165) is 11.3 Å². The molecule has 5 rings (SSSR count). The molecule has 1 amide bonds. The van der Waals surface area contributed by atoms with Gasteiger partial charge in [-0.2, -0.15) is 0 Å². The van der Waals surface area contributed by atoms with E-state index >= 15 is 0 Å². The van der Waals surface area contributed by atoms with Gasteiger partial charge in [0.25, 0.3) is 15.7 Å². The quantitative estimate of drug-likeness (QED) is 0.190. The lowest BCUT2D eigenvalue weighted by molar-refractivity contribution is -0.384. The van der Waals surface area contributed by atoms with Crippen molar-refractivity contribution >= 4 is 49.3 Å². The second-order valence-electron chi connectivity index (χ2n) is 8.92. The summed E-state index contributed by atoms with van der Waals surface area (Å²) in [5.41, 5.74) is 0.889. The number of non-ortho nitro benzene ring substituents is 1. The molecule has 3 N–H and O–H groups in total. The van der Waals surface area contributed by atoms with Gasteiger partial charge in [0.2, 0.25) is 10.9 Å². The average molecular weight is 548 g/mol. The van der Waals surface area contributed by atoms with Crippen LogP contribution in [0.1, 0.15) is 24.3 Å². The summed E-state index contributed by atoms with van der Waals surface area (Å²) in [6, 6.07) is 5.02. The lowest BCUT2D eigenvalue weighted by atomic mass is 9.77. The Kier molecular flexibility index (Phi) is 5.90. The molecule has 1 aromatic carbocycles. The first kappa shape index (κ1) is 25.0. The molecule has 0 aliphatic carbocycles. The van der Waals surface area contributed by atoms with Gasteiger partial charge in [-0.1, -0.05) is 6.92 Å². The number of carbonyl (C=O) groups excluding carboxylic acids is 2. The van der Waals surface area contributed by atoms with Crippen LogP contribution in [0.5, 0.6) is 0 Å². The molecule has 0 unspecified atom stereocenters. The molecule has 2 aliphatic heterocycles. The van der Waals surface area contributed by atoms with Crippen LogP contribution >= 0.6 is 11.3 Å². The van der Waals surface area contributed by atoms with Crippen molar-refractivity contribution in [1.29, 1.82) is 0 Å². The van der Waals surface area contributed by atoms with Crippen molar-refractivity contribution in [2.45, 2.75) is 37.6 Å². The molecule has 2 aliphatic rings. The van der Waals surface area contributed by atoms with Crippen molar-refractivity contribution in [3.63, 3.8) is 0 Å². The molecule has 0 saturated carbocycles. The molecule has 0 radical (unpaired) electrons. The van der Waals surface area contributed by atoms with Gasteiger partial charge in [-0.3, -0.25) is 19.3 Å². The number of esters is 1. The molecule has 3 aromatic rings. The zero-order valence-electron chi connectivity index (χ0n) is 19.5. The number of aromatic nitrogens is 2. The number of fused-ring (bicyclic) bond motifs is 2. The molecule has 13 nitrogen and oxygen atoms in total. The number of primary sulfonamides is 1. The number of nitro groups is 1. The van der Waals surface area contributed by atoms with Crippen molar-refractivity contribution in [3.05, 3.63) is 63.0 Å². The molecule has 1 fully saturated rings. The van der Waals surface area contributed by atoms with E-state index in [1.165, 1.54) is 46.8 Å². The summed E-state index contributed by atoms with van der Waals surface area (Å²) >= 11 is 1.05. The van der Waals surface area contributed by atoms with Crippen molar-refractivity contribution in [2.75, 3.05) is 0 Å². The maximum atomic E-state index is 13.3. The smallest absolute Gasteiger partial charge is 0.355 e. The van der Waals surface area contributed by atoms with E-state index in [1.807, 2.05) is 6.92 Å². The summed E-state index contributed by atoms with van der Waals surface area (Å²) in [4.78, 5) is 42.6. The number of aliphatic hydroxyl groups is 1. The number of rotatable bonds is 7. The Morgan fingerprint density at radius 1 is 1.35 bits per heavy atom. The molecular formula is C22H21N5O8S2. The summed E-state index contributed by atoms with van der Waals surface area (Å²) in [7, 11) is -4.09. The van der Waals surface area contributed by atoms with Crippen LogP contribution in [0.15, 0.2) is 47.5 Å². The van der Waals surface area contributed by atoms with E-state index in [9.17, 15) is 33.2 Å². The fourth-order valence-corrected chi connectivity index (χ4v) is 7.04. The number of nitrogens with two attached hydrogens (primary N) is 1. The molecule has 15 heteroatoms. The predicted octanol–water partition coefficient (Wildman–Crippen LogP) is 1.26. The number of ether oxygens (including phenoxy) is 1. The van der Waals surface area contributed by atoms with E-state index in [2.05, 4.69) is 4.98 Å². The number of hydrogen-bond donors (Lipinski definition) is 2. The minimum absolute atomic E-state index is 0.0101. The number of hydrogen-bond acceptors (Lipinski definition) is 10. The van der Waals surface area contributed by atoms with Gasteiger partial charge >= 0.3 is 5.97 Å². The average Bonchev–Trinajstić information content (AvgIpc) is 3.46. The van der Waals surface area contributed by atoms with E-state index in [-0.39, 0.29) is 33.8 Å². The maximum absolute atomic E-state index is 13.3. The van der Waals surface area contributed by atoms with Gasteiger partial charge in [0.05, 0.1) is 27.9 Å². The van der Waals surface area contributed by atoms with E-state index in [0.29, 0.717) is 16.0 Å². The third-order valence-electron chi connectivity index (χ3n) is 6.60. The number of carbonyl (C=O) groups is 2. The van der Waals surface area contributed by atoms with Crippen LogP contribution in [-0.2, 0) is 31.0 Å². The molecule has 4 atom stereocenters. The van der Waals surface area contributed by atoms with Crippen LogP contribution in [-0.4, -0.2) is 56.8 Å². The van der Waals surface area contributed by atoms with E-state index < -0.39 is 44.9 Å². The number of β-lactam (4-membered cyclic amide) rings is 1. The summed E-state index contributed by atoms with van der Waals surface area (Å²) in [5, 5.41) is 26.0. The molecular weight excluding hydrogens is 526 g/mol. The third-order valence-corrected chi connectivity index (χ3v) is 8.71. The Morgan fingerprint density at radius 3 is 2.62 bits per heavy atom.